The van der Waals surface area contributed by atoms with Crippen molar-refractivity contribution in [3.63, 3.8) is 0 Å². The van der Waals surface area contributed by atoms with E-state index in [0.717, 1.165) is 11.3 Å². The maximum atomic E-state index is 13.2. The van der Waals surface area contributed by atoms with Crippen LogP contribution in [0.2, 0.25) is 0 Å². The molecule has 28 heavy (non-hydrogen) atoms. The molecule has 9 heteroatoms. The molecular formula is C19H16N4O3S2. The molecule has 142 valence electrons. The summed E-state index contributed by atoms with van der Waals surface area (Å²) in [7, 11) is -4.08. The van der Waals surface area contributed by atoms with Crippen LogP contribution in [0.5, 0.6) is 0 Å². The third-order valence-corrected chi connectivity index (χ3v) is 6.74. The summed E-state index contributed by atoms with van der Waals surface area (Å²) in [4.78, 5) is 18.8. The first-order valence-corrected chi connectivity index (χ1v) is 10.8. The molecule has 0 aliphatic carbocycles. The lowest BCUT2D eigenvalue weighted by Crippen LogP contribution is -2.42. The molecular weight excluding hydrogens is 396 g/mol. The number of fused-ring (bicyclic) bond motifs is 1. The zero-order chi connectivity index (χ0) is 19.9. The van der Waals surface area contributed by atoms with E-state index in [1.54, 1.807) is 41.8 Å². The number of rotatable bonds is 3. The van der Waals surface area contributed by atoms with Crippen LogP contribution < -0.4 is 10.3 Å². The molecule has 0 unspecified atom stereocenters. The van der Waals surface area contributed by atoms with Crippen LogP contribution in [0.4, 0.5) is 16.5 Å². The second kappa shape index (κ2) is 6.84. The number of amides is 1. The molecule has 1 aliphatic heterocycles. The van der Waals surface area contributed by atoms with Crippen molar-refractivity contribution >= 4 is 48.6 Å². The fourth-order valence-corrected chi connectivity index (χ4v) is 4.90. The van der Waals surface area contributed by atoms with Gasteiger partial charge in [-0.3, -0.25) is 15.1 Å². The Kier molecular flexibility index (Phi) is 4.48. The van der Waals surface area contributed by atoms with Crippen molar-refractivity contribution in [2.45, 2.75) is 18.7 Å². The maximum Gasteiger partial charge on any atom is 0.295 e. The van der Waals surface area contributed by atoms with E-state index >= 15 is 0 Å². The molecule has 2 aromatic carbocycles. The Morgan fingerprint density at radius 1 is 1.11 bits per heavy atom. The number of benzene rings is 2. The Labute approximate surface area is 166 Å². The molecule has 4 rings (SSSR count). The highest BCUT2D eigenvalue weighted by Gasteiger charge is 2.42. The second-order valence-electron chi connectivity index (χ2n) is 6.27. The Morgan fingerprint density at radius 3 is 2.54 bits per heavy atom. The van der Waals surface area contributed by atoms with E-state index in [-0.39, 0.29) is 4.90 Å². The number of hydrazone groups is 1. The summed E-state index contributed by atoms with van der Waals surface area (Å²) in [6.45, 7) is 3.66. The summed E-state index contributed by atoms with van der Waals surface area (Å²) >= 11 is 1.28. The largest absolute Gasteiger partial charge is 0.295 e. The number of thiazole rings is 1. The molecule has 0 bridgehead atoms. The monoisotopic (exact) mass is 412 g/mol. The zero-order valence-corrected chi connectivity index (χ0v) is 16.7. The van der Waals surface area contributed by atoms with Crippen LogP contribution in [0.15, 0.2) is 63.9 Å². The van der Waals surface area contributed by atoms with Gasteiger partial charge in [0.25, 0.3) is 5.91 Å². The van der Waals surface area contributed by atoms with Crippen molar-refractivity contribution in [1.29, 1.82) is 0 Å². The molecule has 1 aliphatic rings. The number of para-hydroxylation sites is 1. The van der Waals surface area contributed by atoms with Crippen LogP contribution in [0.25, 0.3) is 0 Å². The quantitative estimate of drug-likeness (QED) is 0.663. The molecule has 0 atom stereocenters. The third-order valence-electron chi connectivity index (χ3n) is 4.17. The molecule has 0 fully saturated rings. The number of anilines is 3. The van der Waals surface area contributed by atoms with Crippen LogP contribution in [0, 0.1) is 13.8 Å². The fraction of sp³-hybridized carbons (Fsp3) is 0.105. The van der Waals surface area contributed by atoms with Gasteiger partial charge in [0, 0.05) is 11.1 Å². The average Bonchev–Trinajstić information content (AvgIpc) is 3.07. The molecule has 1 amide bonds. The van der Waals surface area contributed by atoms with Gasteiger partial charge in [-0.1, -0.05) is 24.3 Å². The lowest BCUT2D eigenvalue weighted by Gasteiger charge is -2.30. The SMILES string of the molecule is Cc1ccc2c(c1)N(c1ccccc1)C(=O)C(=NNc1nc(C)cs1)S2(=O)=O. The van der Waals surface area contributed by atoms with E-state index in [0.29, 0.717) is 16.5 Å². The third kappa shape index (κ3) is 3.08. The molecule has 7 nitrogen and oxygen atoms in total. The average molecular weight is 412 g/mol. The van der Waals surface area contributed by atoms with Crippen LogP contribution in [-0.4, -0.2) is 24.4 Å². The van der Waals surface area contributed by atoms with Gasteiger partial charge in [0.2, 0.25) is 20.0 Å². The Morgan fingerprint density at radius 2 is 1.86 bits per heavy atom. The maximum absolute atomic E-state index is 13.2. The van der Waals surface area contributed by atoms with Gasteiger partial charge in [0.1, 0.15) is 0 Å². The lowest BCUT2D eigenvalue weighted by atomic mass is 10.1. The van der Waals surface area contributed by atoms with Crippen LogP contribution in [0.1, 0.15) is 11.3 Å². The molecule has 0 spiro atoms. The molecule has 1 aromatic heterocycles. The van der Waals surface area contributed by atoms with E-state index in [4.69, 9.17) is 0 Å². The first kappa shape index (κ1) is 18.3. The number of nitrogens with one attached hydrogen (secondary N) is 1. The van der Waals surface area contributed by atoms with Gasteiger partial charge >= 0.3 is 0 Å². The highest BCUT2D eigenvalue weighted by atomic mass is 32.2. The highest BCUT2D eigenvalue weighted by Crippen LogP contribution is 2.38. The fourth-order valence-electron chi connectivity index (χ4n) is 2.90. The number of hydrogen-bond donors (Lipinski definition) is 1. The number of carbonyl (C=O) groups excluding carboxylic acids is 1. The summed E-state index contributed by atoms with van der Waals surface area (Å²) < 4.78 is 26.2. The molecule has 1 N–H and O–H groups in total. The minimum atomic E-state index is -4.08. The minimum absolute atomic E-state index is 0.0393. The van der Waals surface area contributed by atoms with E-state index < -0.39 is 20.8 Å². The lowest BCUT2D eigenvalue weighted by molar-refractivity contribution is -0.111. The predicted octanol–water partition coefficient (Wildman–Crippen LogP) is 3.64. The molecule has 0 saturated carbocycles. The number of nitrogens with zero attached hydrogens (tertiary/aromatic N) is 3. The van der Waals surface area contributed by atoms with Gasteiger partial charge in [-0.25, -0.2) is 13.4 Å². The van der Waals surface area contributed by atoms with Crippen LogP contribution >= 0.6 is 11.3 Å². The van der Waals surface area contributed by atoms with Crippen LogP contribution in [-0.2, 0) is 14.6 Å². The minimum Gasteiger partial charge on any atom is -0.274 e. The van der Waals surface area contributed by atoms with Gasteiger partial charge in [0.15, 0.2) is 0 Å². The van der Waals surface area contributed by atoms with Crippen molar-refractivity contribution in [2.24, 2.45) is 5.10 Å². The summed E-state index contributed by atoms with van der Waals surface area (Å²) in [5.74, 6) is -0.718. The summed E-state index contributed by atoms with van der Waals surface area (Å²) in [6, 6.07) is 13.8. The smallest absolute Gasteiger partial charge is 0.274 e. The van der Waals surface area contributed by atoms with E-state index in [9.17, 15) is 13.2 Å². The number of carbonyl (C=O) groups is 1. The second-order valence-corrected chi connectivity index (χ2v) is 8.97. The highest BCUT2D eigenvalue weighted by molar-refractivity contribution is 8.08. The summed E-state index contributed by atoms with van der Waals surface area (Å²) in [5.41, 5.74) is 5.11. The van der Waals surface area contributed by atoms with Crippen molar-refractivity contribution in [2.75, 3.05) is 10.3 Å². The zero-order valence-electron chi connectivity index (χ0n) is 15.1. The number of sulfone groups is 1. The standard InChI is InChI=1S/C19H16N4O3S2/c1-12-8-9-16-15(10-12)23(14-6-4-3-5-7-14)18(24)17(28(16,25)26)21-22-19-20-13(2)11-27-19/h3-11H,1-2H3,(H,20,22). The van der Waals surface area contributed by atoms with E-state index in [1.165, 1.54) is 22.3 Å². The van der Waals surface area contributed by atoms with E-state index in [1.807, 2.05) is 19.9 Å². The van der Waals surface area contributed by atoms with Crippen molar-refractivity contribution in [3.8, 4) is 0 Å². The normalized spacial score (nSPS) is 16.9. The first-order chi connectivity index (χ1) is 13.4. The molecule has 2 heterocycles. The Hall–Kier alpha value is -3.04. The van der Waals surface area contributed by atoms with Gasteiger partial charge in [-0.2, -0.15) is 5.10 Å². The number of aromatic nitrogens is 1. The predicted molar refractivity (Wildman–Crippen MR) is 110 cm³/mol. The van der Waals surface area contributed by atoms with Gasteiger partial charge < -0.3 is 0 Å². The van der Waals surface area contributed by atoms with Crippen molar-refractivity contribution in [3.05, 3.63) is 65.2 Å². The Bertz CT molecular complexity index is 1200. The van der Waals surface area contributed by atoms with Gasteiger partial charge in [0.05, 0.1) is 16.3 Å². The first-order valence-electron chi connectivity index (χ1n) is 8.39. The van der Waals surface area contributed by atoms with Gasteiger partial charge in [-0.05, 0) is 43.7 Å². The summed E-state index contributed by atoms with van der Waals surface area (Å²) in [5, 5.41) is 5.57. The topological polar surface area (TPSA) is 91.7 Å². The molecule has 0 saturated heterocycles. The Balaban J connectivity index is 1.89. The molecule has 0 radical (unpaired) electrons. The summed E-state index contributed by atoms with van der Waals surface area (Å²) in [6.07, 6.45) is 0. The number of aryl methyl sites for hydroxylation is 2. The van der Waals surface area contributed by atoms with Crippen molar-refractivity contribution < 1.29 is 13.2 Å². The van der Waals surface area contributed by atoms with Crippen LogP contribution in [0.3, 0.4) is 0 Å². The molecule has 3 aromatic rings. The number of hydrogen-bond acceptors (Lipinski definition) is 7. The van der Waals surface area contributed by atoms with E-state index in [2.05, 4.69) is 15.5 Å². The van der Waals surface area contributed by atoms with Gasteiger partial charge in [-0.15, -0.1) is 11.3 Å². The van der Waals surface area contributed by atoms with Crippen molar-refractivity contribution in [1.82, 2.24) is 4.98 Å².